The Balaban J connectivity index is -0.00000450. The molecule has 204 valence electrons. The third-order valence-corrected chi connectivity index (χ3v) is 14.0. The quantitative estimate of drug-likeness (QED) is 0.101. The fourth-order valence-electron chi connectivity index (χ4n) is 4.65. The zero-order valence-corrected chi connectivity index (χ0v) is 23.9. The van der Waals surface area contributed by atoms with Crippen LogP contribution < -0.4 is 0 Å². The van der Waals surface area contributed by atoms with Gasteiger partial charge >= 0.3 is 0 Å². The van der Waals surface area contributed by atoms with Crippen molar-refractivity contribution in [3.63, 3.8) is 0 Å². The van der Waals surface area contributed by atoms with Crippen LogP contribution in [-0.2, 0) is 4.12 Å². The number of aliphatic hydroxyl groups excluding tert-OH is 2. The van der Waals surface area contributed by atoms with Gasteiger partial charge in [-0.15, -0.1) is 0 Å². The van der Waals surface area contributed by atoms with Gasteiger partial charge in [-0.1, -0.05) is 118 Å². The Labute approximate surface area is 212 Å². The first-order valence-electron chi connectivity index (χ1n) is 13.7. The van der Waals surface area contributed by atoms with E-state index >= 15 is 0 Å². The molecule has 0 aliphatic heterocycles. The Kier molecular flexibility index (Phi) is 29.1. The predicted octanol–water partition coefficient (Wildman–Crippen LogP) is 9.69. The third kappa shape index (κ3) is 28.4. The van der Waals surface area contributed by atoms with E-state index in [9.17, 15) is 0 Å². The van der Waals surface area contributed by atoms with Crippen LogP contribution in [0.2, 0.25) is 38.3 Å². The van der Waals surface area contributed by atoms with Gasteiger partial charge < -0.3 is 14.3 Å². The van der Waals surface area contributed by atoms with Crippen molar-refractivity contribution < 1.29 is 14.3 Å². The summed E-state index contributed by atoms with van der Waals surface area (Å²) >= 11 is 0. The van der Waals surface area contributed by atoms with Crippen molar-refractivity contribution >= 4 is 16.6 Å². The molecule has 2 N–H and O–H groups in total. The normalized spacial score (nSPS) is 11.8. The molecule has 0 aliphatic rings. The Morgan fingerprint density at radius 3 is 0.848 bits per heavy atom. The molecule has 0 saturated heterocycles. The molecule has 0 aromatic carbocycles. The molecule has 0 unspecified atom stereocenters. The second-order valence-electron chi connectivity index (χ2n) is 10.9. The van der Waals surface area contributed by atoms with Crippen LogP contribution in [0.4, 0.5) is 0 Å². The minimum atomic E-state index is -1.51. The van der Waals surface area contributed by atoms with Crippen molar-refractivity contribution in [2.24, 2.45) is 0 Å². The van der Waals surface area contributed by atoms with Crippen molar-refractivity contribution in [3.8, 4) is 0 Å². The largest absolute Gasteiger partial charge is 0.455 e. The van der Waals surface area contributed by atoms with Gasteiger partial charge in [-0.3, -0.25) is 0 Å². The Hall–Kier alpha value is 0.314. The highest BCUT2D eigenvalue weighted by atomic mass is 28.4. The Bertz CT molecular complexity index is 342. The van der Waals surface area contributed by atoms with Gasteiger partial charge in [0.05, 0.1) is 0 Å². The second kappa shape index (κ2) is 25.4. The number of unbranched alkanes of at least 4 members (excludes halogenated alkanes) is 16. The van der Waals surface area contributed by atoms with Gasteiger partial charge in [0.1, 0.15) is 0 Å². The monoisotopic (exact) mass is 506 g/mol. The highest BCUT2D eigenvalue weighted by molar-refractivity contribution is 6.84. The fourth-order valence-corrected chi connectivity index (χ4v) is 13.7. The van der Waals surface area contributed by atoms with E-state index in [2.05, 4.69) is 26.2 Å². The molecule has 0 fully saturated rings. The van der Waals surface area contributed by atoms with Crippen molar-refractivity contribution in [2.45, 2.75) is 169 Å². The van der Waals surface area contributed by atoms with Crippen LogP contribution in [0.3, 0.4) is 0 Å². The van der Waals surface area contributed by atoms with Gasteiger partial charge in [0.25, 0.3) is 0 Å². The fraction of sp³-hybridized carbons (Fsp3) is 1.00. The van der Waals surface area contributed by atoms with Crippen molar-refractivity contribution in [2.75, 3.05) is 13.2 Å². The van der Waals surface area contributed by atoms with Crippen molar-refractivity contribution in [1.29, 1.82) is 0 Å². The summed E-state index contributed by atoms with van der Waals surface area (Å²) in [6.07, 6.45) is 23.3. The molecule has 0 rings (SSSR count). The summed E-state index contributed by atoms with van der Waals surface area (Å²) in [6, 6.07) is 2.66. The standard InChI is InChI=1S/C26H58O3Si2.2CH4/c1-30(2,25-21-17-13-9-5-7-11-15-19-23-27)29-31(3,4)26-22-18-14-10-6-8-12-16-20-24-28;;/h27-28H,5-26H2,1-4H3;2*1H4. The SMILES string of the molecule is C.C.C[Si](C)(CCCCCCCCCCCO)O[Si](C)(C)CCCCCCCCCCCO. The minimum absolute atomic E-state index is 0. The Morgan fingerprint density at radius 2 is 0.606 bits per heavy atom. The second-order valence-corrected chi connectivity index (χ2v) is 19.8. The Morgan fingerprint density at radius 1 is 0.394 bits per heavy atom. The lowest BCUT2D eigenvalue weighted by atomic mass is 10.1. The molecule has 0 radical (unpaired) electrons. The maximum atomic E-state index is 8.80. The van der Waals surface area contributed by atoms with E-state index in [0.717, 1.165) is 12.8 Å². The number of hydrogen-bond donors (Lipinski definition) is 2. The first-order chi connectivity index (χ1) is 14.8. The van der Waals surface area contributed by atoms with Crippen LogP contribution in [0.1, 0.15) is 130 Å². The zero-order chi connectivity index (χ0) is 23.3. The summed E-state index contributed by atoms with van der Waals surface area (Å²) in [5, 5.41) is 17.6. The topological polar surface area (TPSA) is 49.7 Å². The summed E-state index contributed by atoms with van der Waals surface area (Å²) in [5.41, 5.74) is 0. The first-order valence-corrected chi connectivity index (χ1v) is 20.0. The number of hydrogen-bond acceptors (Lipinski definition) is 3. The lowest BCUT2D eigenvalue weighted by molar-refractivity contribution is 0.282. The molecule has 0 amide bonds. The average Bonchev–Trinajstić information content (AvgIpc) is 2.70. The molecule has 0 aliphatic carbocycles. The van der Waals surface area contributed by atoms with E-state index in [1.165, 1.54) is 115 Å². The molecule has 0 spiro atoms. The lowest BCUT2D eigenvalue weighted by Gasteiger charge is -2.34. The van der Waals surface area contributed by atoms with E-state index in [4.69, 9.17) is 14.3 Å². The van der Waals surface area contributed by atoms with Crippen LogP contribution >= 0.6 is 0 Å². The van der Waals surface area contributed by atoms with Crippen LogP contribution in [0.15, 0.2) is 0 Å². The molecule has 0 heterocycles. The molecule has 0 saturated carbocycles. The van der Waals surface area contributed by atoms with Crippen LogP contribution in [-0.4, -0.2) is 40.1 Å². The van der Waals surface area contributed by atoms with Crippen molar-refractivity contribution in [1.82, 2.24) is 0 Å². The summed E-state index contributed by atoms with van der Waals surface area (Å²) in [6.45, 7) is 10.5. The van der Waals surface area contributed by atoms with Gasteiger partial charge in [0.2, 0.25) is 0 Å². The van der Waals surface area contributed by atoms with Gasteiger partial charge in [0.15, 0.2) is 16.6 Å². The zero-order valence-electron chi connectivity index (χ0n) is 21.9. The maximum Gasteiger partial charge on any atom is 0.173 e. The molecule has 0 aromatic rings. The molecule has 33 heavy (non-hydrogen) atoms. The maximum absolute atomic E-state index is 8.80. The lowest BCUT2D eigenvalue weighted by Crippen LogP contribution is -2.44. The third-order valence-electron chi connectivity index (χ3n) is 6.43. The number of rotatable bonds is 24. The molecule has 5 heteroatoms. The van der Waals surface area contributed by atoms with E-state index in [0.29, 0.717) is 13.2 Å². The van der Waals surface area contributed by atoms with Crippen LogP contribution in [0, 0.1) is 0 Å². The molecule has 0 aromatic heterocycles. The molecule has 0 bridgehead atoms. The molecular weight excluding hydrogens is 440 g/mol. The highest BCUT2D eigenvalue weighted by Crippen LogP contribution is 2.26. The molecule has 3 nitrogen and oxygen atoms in total. The molecule has 0 atom stereocenters. The smallest absolute Gasteiger partial charge is 0.173 e. The highest BCUT2D eigenvalue weighted by Gasteiger charge is 2.32. The summed E-state index contributed by atoms with van der Waals surface area (Å²) in [5.74, 6) is 0. The summed E-state index contributed by atoms with van der Waals surface area (Å²) < 4.78 is 6.83. The first kappa shape index (κ1) is 37.9. The van der Waals surface area contributed by atoms with E-state index in [-0.39, 0.29) is 14.9 Å². The van der Waals surface area contributed by atoms with Crippen molar-refractivity contribution in [3.05, 3.63) is 0 Å². The van der Waals surface area contributed by atoms with Gasteiger partial charge in [-0.05, 0) is 51.1 Å². The average molecular weight is 507 g/mol. The van der Waals surface area contributed by atoms with E-state index in [1.54, 1.807) is 0 Å². The summed E-state index contributed by atoms with van der Waals surface area (Å²) in [7, 11) is -3.01. The van der Waals surface area contributed by atoms with Gasteiger partial charge in [0, 0.05) is 13.2 Å². The predicted molar refractivity (Wildman–Crippen MR) is 156 cm³/mol. The minimum Gasteiger partial charge on any atom is -0.455 e. The summed E-state index contributed by atoms with van der Waals surface area (Å²) in [4.78, 5) is 0. The molecular formula is C28H66O3Si2. The van der Waals surface area contributed by atoms with Crippen LogP contribution in [0.5, 0.6) is 0 Å². The van der Waals surface area contributed by atoms with E-state index < -0.39 is 16.6 Å². The number of aliphatic hydroxyl groups is 2. The van der Waals surface area contributed by atoms with Gasteiger partial charge in [-0.25, -0.2) is 0 Å². The van der Waals surface area contributed by atoms with Gasteiger partial charge in [-0.2, -0.15) is 0 Å². The van der Waals surface area contributed by atoms with E-state index in [1.807, 2.05) is 0 Å². The van der Waals surface area contributed by atoms with Crippen LogP contribution in [0.25, 0.3) is 0 Å².